The molecule has 2 aliphatic heterocycles. The van der Waals surface area contributed by atoms with E-state index in [0.717, 1.165) is 8.61 Å². The zero-order chi connectivity index (χ0) is 16.6. The number of rotatable bonds is 4. The normalized spacial score (nSPS) is 22.3. The monoisotopic (exact) mass is 343 g/mol. The maximum atomic E-state index is 13.4. The lowest BCUT2D eigenvalue weighted by Gasteiger charge is -2.19. The highest BCUT2D eigenvalue weighted by Gasteiger charge is 2.38. The van der Waals surface area contributed by atoms with E-state index in [1.807, 2.05) is 0 Å². The Balaban J connectivity index is 1.70. The lowest BCUT2D eigenvalue weighted by atomic mass is 10.1. The number of fused-ring (bicyclic) bond motifs is 1. The zero-order valence-electron chi connectivity index (χ0n) is 12.7. The molecule has 7 nitrogen and oxygen atoms in total. The Morgan fingerprint density at radius 2 is 2.22 bits per heavy atom. The molecule has 1 atom stereocenters. The number of carbonyl (C=O) groups is 1. The van der Waals surface area contributed by atoms with E-state index in [1.165, 1.54) is 25.2 Å². The third-order valence-corrected chi connectivity index (χ3v) is 5.91. The third-order valence-electron chi connectivity index (χ3n) is 4.08. The van der Waals surface area contributed by atoms with Crippen molar-refractivity contribution in [2.24, 2.45) is 5.92 Å². The molecule has 0 saturated carbocycles. The lowest BCUT2D eigenvalue weighted by molar-refractivity contribution is -0.124. The Morgan fingerprint density at radius 3 is 2.91 bits per heavy atom. The molecule has 1 fully saturated rings. The summed E-state index contributed by atoms with van der Waals surface area (Å²) in [5.41, 5.74) is 0.702. The van der Waals surface area contributed by atoms with Crippen LogP contribution in [0.15, 0.2) is 18.2 Å². The fraction of sp³-hybridized carbons (Fsp3) is 0.500. The Hall–Kier alpha value is -1.87. The van der Waals surface area contributed by atoms with Gasteiger partial charge in [0.05, 0.1) is 30.4 Å². The van der Waals surface area contributed by atoms with E-state index in [9.17, 15) is 17.6 Å². The Morgan fingerprint density at radius 1 is 1.43 bits per heavy atom. The number of anilines is 2. The highest BCUT2D eigenvalue weighted by atomic mass is 32.2. The largest absolute Gasteiger partial charge is 0.381 e. The highest BCUT2D eigenvalue weighted by molar-refractivity contribution is 7.94. The number of hydrogen-bond donors (Lipinski definition) is 1. The highest BCUT2D eigenvalue weighted by Crippen LogP contribution is 2.39. The van der Waals surface area contributed by atoms with E-state index in [2.05, 4.69) is 5.32 Å². The number of benzene rings is 1. The van der Waals surface area contributed by atoms with E-state index in [0.29, 0.717) is 25.3 Å². The van der Waals surface area contributed by atoms with Gasteiger partial charge in [0, 0.05) is 26.3 Å². The molecule has 1 aromatic carbocycles. The first-order valence-corrected chi connectivity index (χ1v) is 8.72. The fourth-order valence-corrected chi connectivity index (χ4v) is 4.18. The van der Waals surface area contributed by atoms with Gasteiger partial charge in [0.15, 0.2) is 0 Å². The van der Waals surface area contributed by atoms with Gasteiger partial charge in [0.25, 0.3) is 0 Å². The Labute approximate surface area is 134 Å². The molecule has 1 unspecified atom stereocenters. The summed E-state index contributed by atoms with van der Waals surface area (Å²) >= 11 is 0. The van der Waals surface area contributed by atoms with Crippen molar-refractivity contribution in [2.75, 3.05) is 42.0 Å². The minimum absolute atomic E-state index is 0.0441. The molecule has 2 aliphatic rings. The SMILES string of the molecule is CN1c2ccc(F)cc2N(CCNC(=O)C2CCOC2)S1(=O)=O. The molecule has 0 aromatic heterocycles. The molecule has 1 amide bonds. The molecule has 9 heteroatoms. The Bertz CT molecular complexity index is 719. The van der Waals surface area contributed by atoms with Crippen LogP contribution in [0.3, 0.4) is 0 Å². The molecule has 3 rings (SSSR count). The number of carbonyl (C=O) groups excluding carboxylic acids is 1. The third kappa shape index (κ3) is 2.86. The van der Waals surface area contributed by atoms with Crippen LogP contribution in [0.5, 0.6) is 0 Å². The molecule has 0 radical (unpaired) electrons. The van der Waals surface area contributed by atoms with Crippen molar-refractivity contribution >= 4 is 27.5 Å². The van der Waals surface area contributed by atoms with Crippen molar-refractivity contribution < 1.29 is 22.3 Å². The van der Waals surface area contributed by atoms with Crippen molar-refractivity contribution in [3.8, 4) is 0 Å². The summed E-state index contributed by atoms with van der Waals surface area (Å²) in [4.78, 5) is 11.9. The standard InChI is InChI=1S/C14H18FN3O4S/c1-17-12-3-2-11(15)8-13(12)18(23(17,20)21)6-5-16-14(19)10-4-7-22-9-10/h2-3,8,10H,4-7,9H2,1H3,(H,16,19). The summed E-state index contributed by atoms with van der Waals surface area (Å²) in [5.74, 6) is -0.837. The molecule has 1 saturated heterocycles. The van der Waals surface area contributed by atoms with E-state index < -0.39 is 16.0 Å². The lowest BCUT2D eigenvalue weighted by Crippen LogP contribution is -2.42. The average Bonchev–Trinajstić information content (AvgIpc) is 3.09. The maximum absolute atomic E-state index is 13.4. The van der Waals surface area contributed by atoms with Gasteiger partial charge < -0.3 is 10.1 Å². The number of amides is 1. The predicted octanol–water partition coefficient (Wildman–Crippen LogP) is 0.479. The number of ether oxygens (including phenoxy) is 1. The van der Waals surface area contributed by atoms with Gasteiger partial charge in [-0.1, -0.05) is 0 Å². The summed E-state index contributed by atoms with van der Waals surface area (Å²) in [5, 5.41) is 2.71. The zero-order valence-corrected chi connectivity index (χ0v) is 13.5. The molecular formula is C14H18FN3O4S. The number of nitrogens with zero attached hydrogens (tertiary/aromatic N) is 2. The molecule has 126 valence electrons. The Kier molecular flexibility index (Phi) is 4.15. The van der Waals surface area contributed by atoms with E-state index in [4.69, 9.17) is 4.74 Å². The van der Waals surface area contributed by atoms with E-state index in [1.54, 1.807) is 0 Å². The van der Waals surface area contributed by atoms with Crippen LogP contribution in [-0.4, -0.2) is 47.7 Å². The van der Waals surface area contributed by atoms with E-state index >= 15 is 0 Å². The van der Waals surface area contributed by atoms with Gasteiger partial charge in [-0.05, 0) is 18.6 Å². The molecule has 1 N–H and O–H groups in total. The average molecular weight is 343 g/mol. The van der Waals surface area contributed by atoms with E-state index in [-0.39, 0.29) is 30.6 Å². The first-order valence-electron chi connectivity index (χ1n) is 7.33. The summed E-state index contributed by atoms with van der Waals surface area (Å²) in [6.07, 6.45) is 0.671. The van der Waals surface area contributed by atoms with Crippen molar-refractivity contribution in [1.82, 2.24) is 5.32 Å². The van der Waals surface area contributed by atoms with Crippen LogP contribution >= 0.6 is 0 Å². The molecule has 0 bridgehead atoms. The van der Waals surface area contributed by atoms with Gasteiger partial charge >= 0.3 is 10.2 Å². The van der Waals surface area contributed by atoms with Crippen LogP contribution in [0.25, 0.3) is 0 Å². The number of halogens is 1. The quantitative estimate of drug-likeness (QED) is 0.862. The van der Waals surface area contributed by atoms with Crippen LogP contribution in [0, 0.1) is 11.7 Å². The minimum atomic E-state index is -3.73. The van der Waals surface area contributed by atoms with Gasteiger partial charge in [0.2, 0.25) is 5.91 Å². The summed E-state index contributed by atoms with van der Waals surface area (Å²) in [6.45, 7) is 1.15. The first-order chi connectivity index (χ1) is 10.9. The second-order valence-electron chi connectivity index (χ2n) is 5.53. The van der Waals surface area contributed by atoms with Crippen LogP contribution in [0.1, 0.15) is 6.42 Å². The van der Waals surface area contributed by atoms with Gasteiger partial charge in [0.1, 0.15) is 5.82 Å². The van der Waals surface area contributed by atoms with Gasteiger partial charge in [-0.15, -0.1) is 0 Å². The summed E-state index contributed by atoms with van der Waals surface area (Å²) < 4.78 is 45.6. The van der Waals surface area contributed by atoms with Gasteiger partial charge in [-0.3, -0.25) is 9.10 Å². The van der Waals surface area contributed by atoms with Crippen LogP contribution in [0.2, 0.25) is 0 Å². The second-order valence-corrected chi connectivity index (χ2v) is 7.42. The number of hydrogen-bond acceptors (Lipinski definition) is 4. The summed E-state index contributed by atoms with van der Waals surface area (Å²) in [7, 11) is -2.32. The van der Waals surface area contributed by atoms with Crippen LogP contribution in [-0.2, 0) is 19.7 Å². The van der Waals surface area contributed by atoms with Crippen LogP contribution in [0.4, 0.5) is 15.8 Å². The van der Waals surface area contributed by atoms with Gasteiger partial charge in [-0.2, -0.15) is 8.42 Å². The molecule has 23 heavy (non-hydrogen) atoms. The molecule has 0 aliphatic carbocycles. The topological polar surface area (TPSA) is 79.0 Å². The molecule has 1 aromatic rings. The van der Waals surface area contributed by atoms with Crippen molar-refractivity contribution in [3.05, 3.63) is 24.0 Å². The second kappa shape index (κ2) is 5.97. The predicted molar refractivity (Wildman–Crippen MR) is 83.0 cm³/mol. The van der Waals surface area contributed by atoms with Crippen LogP contribution < -0.4 is 13.9 Å². The fourth-order valence-electron chi connectivity index (χ4n) is 2.76. The summed E-state index contributed by atoms with van der Waals surface area (Å²) in [6, 6.07) is 3.83. The molecule has 0 spiro atoms. The smallest absolute Gasteiger partial charge is 0.326 e. The minimum Gasteiger partial charge on any atom is -0.381 e. The van der Waals surface area contributed by atoms with Crippen molar-refractivity contribution in [1.29, 1.82) is 0 Å². The van der Waals surface area contributed by atoms with Crippen molar-refractivity contribution in [2.45, 2.75) is 6.42 Å². The van der Waals surface area contributed by atoms with Crippen molar-refractivity contribution in [3.63, 3.8) is 0 Å². The first kappa shape index (κ1) is 16.0. The molecular weight excluding hydrogens is 325 g/mol. The maximum Gasteiger partial charge on any atom is 0.326 e. The van der Waals surface area contributed by atoms with Gasteiger partial charge in [-0.25, -0.2) is 8.70 Å². The molecule has 2 heterocycles. The number of nitrogens with one attached hydrogen (secondary N) is 1.